The molecule has 0 aliphatic rings. The summed E-state index contributed by atoms with van der Waals surface area (Å²) in [5.41, 5.74) is 5.36. The van der Waals surface area contributed by atoms with E-state index in [1.54, 1.807) is 19.1 Å². The van der Waals surface area contributed by atoms with Crippen molar-refractivity contribution in [1.82, 2.24) is 4.90 Å². The predicted octanol–water partition coefficient (Wildman–Crippen LogP) is -0.366. The first-order chi connectivity index (χ1) is 8.15. The van der Waals surface area contributed by atoms with Crippen LogP contribution in [0.4, 0.5) is 0 Å². The molecule has 0 saturated heterocycles. The minimum absolute atomic E-state index is 0.0327. The summed E-state index contributed by atoms with van der Waals surface area (Å²) in [4.78, 5) is 13.4. The number of nitrogens with two attached hydrogens (primary N) is 1. The van der Waals surface area contributed by atoms with Gasteiger partial charge < -0.3 is 25.3 Å². The number of amidine groups is 1. The van der Waals surface area contributed by atoms with E-state index in [-0.39, 0.29) is 11.7 Å². The second-order valence-electron chi connectivity index (χ2n) is 3.46. The molecule has 17 heavy (non-hydrogen) atoms. The number of oxime groups is 1. The Morgan fingerprint density at radius 2 is 1.88 bits per heavy atom. The maximum Gasteiger partial charge on any atom is 0.224 e. The van der Waals surface area contributed by atoms with Crippen LogP contribution in [0.5, 0.6) is 0 Å². The number of hydrogen-bond donors (Lipinski definition) is 2. The van der Waals surface area contributed by atoms with Crippen molar-refractivity contribution in [3.63, 3.8) is 0 Å². The summed E-state index contributed by atoms with van der Waals surface area (Å²) in [6.45, 7) is 1.72. The van der Waals surface area contributed by atoms with Crippen molar-refractivity contribution in [2.45, 2.75) is 12.8 Å². The Labute approximate surface area is 101 Å². The number of hydrogen-bond acceptors (Lipinski definition) is 5. The van der Waals surface area contributed by atoms with Gasteiger partial charge in [-0.15, -0.1) is 0 Å². The zero-order valence-corrected chi connectivity index (χ0v) is 10.4. The molecule has 0 bridgehead atoms. The molecule has 0 rings (SSSR count). The van der Waals surface area contributed by atoms with Crippen molar-refractivity contribution < 1.29 is 19.5 Å². The number of ether oxygens (including phenoxy) is 2. The summed E-state index contributed by atoms with van der Waals surface area (Å²) in [6, 6.07) is 0. The lowest BCUT2D eigenvalue weighted by molar-refractivity contribution is -0.132. The third-order valence-electron chi connectivity index (χ3n) is 2.20. The van der Waals surface area contributed by atoms with Crippen molar-refractivity contribution in [2.75, 3.05) is 40.5 Å². The average molecular weight is 247 g/mol. The van der Waals surface area contributed by atoms with Crippen LogP contribution >= 0.6 is 0 Å². The molecular weight excluding hydrogens is 226 g/mol. The smallest absolute Gasteiger partial charge is 0.224 e. The van der Waals surface area contributed by atoms with E-state index in [1.165, 1.54) is 0 Å². The molecule has 0 fully saturated rings. The molecule has 1 amide bonds. The second-order valence-corrected chi connectivity index (χ2v) is 3.46. The Hall–Kier alpha value is -1.34. The van der Waals surface area contributed by atoms with Crippen molar-refractivity contribution in [2.24, 2.45) is 10.9 Å². The first kappa shape index (κ1) is 15.7. The van der Waals surface area contributed by atoms with Gasteiger partial charge in [0, 0.05) is 33.7 Å². The Morgan fingerprint density at radius 1 is 1.24 bits per heavy atom. The quantitative estimate of drug-likeness (QED) is 0.251. The van der Waals surface area contributed by atoms with Crippen LogP contribution in [0.1, 0.15) is 12.8 Å². The highest BCUT2D eigenvalue weighted by molar-refractivity contribution is 5.81. The largest absolute Gasteiger partial charge is 0.409 e. The van der Waals surface area contributed by atoms with E-state index >= 15 is 0 Å². The molecule has 0 aliphatic carbocycles. The minimum atomic E-state index is -0.0327. The molecule has 0 atom stereocenters. The van der Waals surface area contributed by atoms with E-state index in [9.17, 15) is 4.79 Å². The molecule has 0 saturated carbocycles. The highest BCUT2D eigenvalue weighted by atomic mass is 16.5. The fourth-order valence-electron chi connectivity index (χ4n) is 1.21. The van der Waals surface area contributed by atoms with E-state index in [4.69, 9.17) is 20.4 Å². The molecule has 0 spiro atoms. The maximum atomic E-state index is 11.8. The van der Waals surface area contributed by atoms with Gasteiger partial charge in [-0.05, 0) is 0 Å². The molecule has 0 aliphatic heterocycles. The minimum Gasteiger partial charge on any atom is -0.409 e. The SMILES string of the molecule is COCCC(=O)N(CCOC)CCC(N)=NO. The highest BCUT2D eigenvalue weighted by Crippen LogP contribution is 1.98. The third-order valence-corrected chi connectivity index (χ3v) is 2.20. The van der Waals surface area contributed by atoms with Crippen LogP contribution in [0.3, 0.4) is 0 Å². The van der Waals surface area contributed by atoms with Gasteiger partial charge in [-0.2, -0.15) is 0 Å². The first-order valence-corrected chi connectivity index (χ1v) is 5.37. The lowest BCUT2D eigenvalue weighted by Gasteiger charge is -2.22. The number of methoxy groups -OCH3 is 2. The lowest BCUT2D eigenvalue weighted by atomic mass is 10.3. The van der Waals surface area contributed by atoms with E-state index < -0.39 is 0 Å². The monoisotopic (exact) mass is 247 g/mol. The summed E-state index contributed by atoms with van der Waals surface area (Å²) < 4.78 is 9.77. The standard InChI is InChI=1S/C10H21N3O4/c1-16-7-4-10(14)13(6-8-17-2)5-3-9(11)12-15/h15H,3-8H2,1-2H3,(H2,11,12). The van der Waals surface area contributed by atoms with Gasteiger partial charge in [-0.1, -0.05) is 5.16 Å². The van der Waals surface area contributed by atoms with Crippen LogP contribution in [-0.4, -0.2) is 62.4 Å². The van der Waals surface area contributed by atoms with Crippen molar-refractivity contribution in [3.8, 4) is 0 Å². The summed E-state index contributed by atoms with van der Waals surface area (Å²) in [7, 11) is 3.12. The molecule has 0 aromatic rings. The Kier molecular flexibility index (Phi) is 9.08. The molecule has 0 aromatic carbocycles. The van der Waals surface area contributed by atoms with Crippen molar-refractivity contribution in [1.29, 1.82) is 0 Å². The highest BCUT2D eigenvalue weighted by Gasteiger charge is 2.13. The van der Waals surface area contributed by atoms with Crippen molar-refractivity contribution >= 4 is 11.7 Å². The summed E-state index contributed by atoms with van der Waals surface area (Å²) in [5, 5.41) is 11.3. The van der Waals surface area contributed by atoms with Crippen molar-refractivity contribution in [3.05, 3.63) is 0 Å². The summed E-state index contributed by atoms with van der Waals surface area (Å²) >= 11 is 0. The Balaban J connectivity index is 4.16. The van der Waals surface area contributed by atoms with E-state index in [0.29, 0.717) is 39.1 Å². The zero-order chi connectivity index (χ0) is 13.1. The fraction of sp³-hybridized carbons (Fsp3) is 0.800. The third kappa shape index (κ3) is 7.53. The van der Waals surface area contributed by atoms with Gasteiger partial charge in [-0.25, -0.2) is 0 Å². The number of amides is 1. The van der Waals surface area contributed by atoms with Crippen LogP contribution in [0.2, 0.25) is 0 Å². The van der Waals surface area contributed by atoms with Gasteiger partial charge in [0.25, 0.3) is 0 Å². The molecule has 0 radical (unpaired) electrons. The topological polar surface area (TPSA) is 97.4 Å². The van der Waals surface area contributed by atoms with Gasteiger partial charge in [0.05, 0.1) is 19.6 Å². The van der Waals surface area contributed by atoms with Crippen LogP contribution in [0.15, 0.2) is 5.16 Å². The molecule has 7 heteroatoms. The van der Waals surface area contributed by atoms with Gasteiger partial charge in [0.1, 0.15) is 5.84 Å². The first-order valence-electron chi connectivity index (χ1n) is 5.37. The van der Waals surface area contributed by atoms with Gasteiger partial charge in [0.15, 0.2) is 0 Å². The van der Waals surface area contributed by atoms with E-state index in [0.717, 1.165) is 0 Å². The van der Waals surface area contributed by atoms with E-state index in [2.05, 4.69) is 5.16 Å². The van der Waals surface area contributed by atoms with E-state index in [1.807, 2.05) is 0 Å². The molecule has 3 N–H and O–H groups in total. The Bertz CT molecular complexity index is 246. The molecule has 0 aromatic heterocycles. The number of carbonyl (C=O) groups is 1. The fourth-order valence-corrected chi connectivity index (χ4v) is 1.21. The van der Waals surface area contributed by atoms with Crippen LogP contribution in [0.25, 0.3) is 0 Å². The summed E-state index contributed by atoms with van der Waals surface area (Å²) in [6.07, 6.45) is 0.648. The molecule has 7 nitrogen and oxygen atoms in total. The molecule has 100 valence electrons. The average Bonchev–Trinajstić information content (AvgIpc) is 2.35. The van der Waals surface area contributed by atoms with Crippen LogP contribution in [-0.2, 0) is 14.3 Å². The second kappa shape index (κ2) is 9.86. The van der Waals surface area contributed by atoms with Gasteiger partial charge in [0.2, 0.25) is 5.91 Å². The summed E-state index contributed by atoms with van der Waals surface area (Å²) in [5.74, 6) is 0.0709. The lowest BCUT2D eigenvalue weighted by Crippen LogP contribution is -2.36. The maximum absolute atomic E-state index is 11.8. The van der Waals surface area contributed by atoms with Gasteiger partial charge >= 0.3 is 0 Å². The predicted molar refractivity (Wildman–Crippen MR) is 63.0 cm³/mol. The number of carbonyl (C=O) groups excluding carboxylic acids is 1. The van der Waals surface area contributed by atoms with Crippen LogP contribution in [0, 0.1) is 0 Å². The molecule has 0 unspecified atom stereocenters. The molecular formula is C10H21N3O4. The van der Waals surface area contributed by atoms with Gasteiger partial charge in [-0.3, -0.25) is 4.79 Å². The zero-order valence-electron chi connectivity index (χ0n) is 10.4. The molecule has 0 heterocycles. The number of rotatable bonds is 9. The number of nitrogens with zero attached hydrogens (tertiary/aromatic N) is 2. The normalized spacial score (nSPS) is 11.5. The Morgan fingerprint density at radius 3 is 2.41 bits per heavy atom. The van der Waals surface area contributed by atoms with Crippen LogP contribution < -0.4 is 5.73 Å².